The molecule has 0 spiro atoms. The zero-order valence-electron chi connectivity index (χ0n) is 27.8. The number of amides is 6. The lowest BCUT2D eigenvalue weighted by Gasteiger charge is -2.27. The first-order chi connectivity index (χ1) is 23.5. The number of hydrogen-bond donors (Lipinski definition) is 13. The Kier molecular flexibility index (Phi) is 18.3. The number of hydrogen-bond acceptors (Lipinski definition) is 13. The summed E-state index contributed by atoms with van der Waals surface area (Å²) in [6, 6.07) is -4.85. The van der Waals surface area contributed by atoms with E-state index in [2.05, 4.69) is 31.9 Å². The van der Waals surface area contributed by atoms with Crippen molar-refractivity contribution in [3.63, 3.8) is 0 Å². The highest BCUT2D eigenvalue weighted by Gasteiger charge is 2.33. The van der Waals surface area contributed by atoms with Crippen molar-refractivity contribution in [1.82, 2.24) is 31.9 Å². The van der Waals surface area contributed by atoms with Crippen LogP contribution in [0.25, 0.3) is 0 Å². The summed E-state index contributed by atoms with van der Waals surface area (Å²) in [5, 5.41) is 70.3. The number of phenols is 1. The minimum Gasteiger partial charge on any atom is -0.508 e. The van der Waals surface area contributed by atoms with Gasteiger partial charge in [0.05, 0.1) is 26.4 Å². The number of aromatic hydroxyl groups is 1. The summed E-state index contributed by atoms with van der Waals surface area (Å²) in [4.78, 5) is 88.3. The maximum absolute atomic E-state index is 13.5. The molecule has 0 saturated carbocycles. The van der Waals surface area contributed by atoms with E-state index >= 15 is 0 Å². The van der Waals surface area contributed by atoms with Crippen LogP contribution in [0.15, 0.2) is 24.3 Å². The van der Waals surface area contributed by atoms with Crippen molar-refractivity contribution >= 4 is 41.4 Å². The molecular weight excluding hydrogens is 666 g/mol. The van der Waals surface area contributed by atoms with Crippen LogP contribution in [0.4, 0.5) is 0 Å². The SMILES string of the molecule is CC(C)C[C@H](NC(=O)[C@H](CO)NC(=O)[C@H](CO)NC(=O)[C@H](C)NC(=O)[C@@H](N)CO)C(=O)N[C@@H](Cc1ccc(O)cc1)C(=O)N[C@@H](CO)C(=O)O. The van der Waals surface area contributed by atoms with Gasteiger partial charge in [-0.05, 0) is 37.0 Å². The van der Waals surface area contributed by atoms with Crippen LogP contribution in [-0.4, -0.2) is 141 Å². The number of carbonyl (C=O) groups is 7. The molecule has 0 fully saturated rings. The van der Waals surface area contributed by atoms with Crippen LogP contribution >= 0.6 is 0 Å². The van der Waals surface area contributed by atoms with Gasteiger partial charge in [0.2, 0.25) is 35.4 Å². The lowest BCUT2D eigenvalue weighted by molar-refractivity contribution is -0.143. The van der Waals surface area contributed by atoms with Crippen molar-refractivity contribution < 1.29 is 64.2 Å². The lowest BCUT2D eigenvalue weighted by atomic mass is 10.0. The fourth-order valence-corrected chi connectivity index (χ4v) is 4.21. The van der Waals surface area contributed by atoms with Crippen molar-refractivity contribution in [2.75, 3.05) is 26.4 Å². The molecule has 0 aliphatic heterocycles. The molecule has 0 heterocycles. The van der Waals surface area contributed by atoms with Crippen molar-refractivity contribution in [3.8, 4) is 5.75 Å². The Bertz CT molecular complexity index is 1330. The molecule has 0 bridgehead atoms. The second-order valence-electron chi connectivity index (χ2n) is 11.7. The van der Waals surface area contributed by atoms with E-state index in [-0.39, 0.29) is 24.5 Å². The summed E-state index contributed by atoms with van der Waals surface area (Å²) < 4.78 is 0. The molecule has 20 nitrogen and oxygen atoms in total. The molecule has 0 unspecified atom stereocenters. The number of benzene rings is 1. The monoisotopic (exact) mass is 713 g/mol. The highest BCUT2D eigenvalue weighted by molar-refractivity contribution is 5.97. The summed E-state index contributed by atoms with van der Waals surface area (Å²) in [7, 11) is 0. The third kappa shape index (κ3) is 14.3. The molecule has 0 aromatic heterocycles. The molecule has 7 atom stereocenters. The fourth-order valence-electron chi connectivity index (χ4n) is 4.21. The van der Waals surface area contributed by atoms with Gasteiger partial charge < -0.3 is 68.3 Å². The molecule has 0 aliphatic rings. The second-order valence-corrected chi connectivity index (χ2v) is 11.7. The number of carbonyl (C=O) groups excluding carboxylic acids is 6. The van der Waals surface area contributed by atoms with Crippen LogP contribution < -0.4 is 37.6 Å². The molecule has 14 N–H and O–H groups in total. The number of carboxylic acids is 1. The van der Waals surface area contributed by atoms with E-state index in [4.69, 9.17) is 10.8 Å². The molecule has 1 rings (SSSR count). The number of aliphatic hydroxyl groups is 4. The average Bonchev–Trinajstić information content (AvgIpc) is 3.07. The van der Waals surface area contributed by atoms with Crippen LogP contribution in [0.3, 0.4) is 0 Å². The number of aliphatic hydroxyl groups excluding tert-OH is 4. The van der Waals surface area contributed by atoms with E-state index in [1.165, 1.54) is 31.2 Å². The Morgan fingerprint density at radius 3 is 1.46 bits per heavy atom. The van der Waals surface area contributed by atoms with Crippen LogP contribution in [0.5, 0.6) is 5.75 Å². The second kappa shape index (κ2) is 21.3. The summed E-state index contributed by atoms with van der Waals surface area (Å²) in [6.07, 6.45) is -0.206. The number of nitrogens with two attached hydrogens (primary N) is 1. The first kappa shape index (κ1) is 43.1. The summed E-state index contributed by atoms with van der Waals surface area (Å²) in [6.45, 7) is 1.07. The largest absolute Gasteiger partial charge is 0.508 e. The Balaban J connectivity index is 3.11. The van der Waals surface area contributed by atoms with Gasteiger partial charge in [-0.1, -0.05) is 26.0 Å². The number of phenolic OH excluding ortho intramolecular Hbond substituents is 1. The molecule has 50 heavy (non-hydrogen) atoms. The predicted octanol–water partition coefficient (Wildman–Crippen LogP) is -5.71. The molecule has 0 aliphatic carbocycles. The number of carboxylic acid groups (broad SMARTS) is 1. The maximum atomic E-state index is 13.5. The minimum absolute atomic E-state index is 0.00945. The maximum Gasteiger partial charge on any atom is 0.328 e. The highest BCUT2D eigenvalue weighted by Crippen LogP contribution is 2.13. The van der Waals surface area contributed by atoms with E-state index in [0.29, 0.717) is 5.56 Å². The van der Waals surface area contributed by atoms with Gasteiger partial charge in [0, 0.05) is 6.42 Å². The van der Waals surface area contributed by atoms with Crippen LogP contribution in [0, 0.1) is 5.92 Å². The molecular formula is C30H47N7O13. The number of aliphatic carboxylic acids is 1. The standard InChI is InChI=1S/C30H47N7O13/c1-14(2)8-19(26(45)34-20(9-16-4-6-17(42)7-5-16)27(46)37-23(13-41)30(49)50)33-28(47)22(12-40)36-29(48)21(11-39)35-24(43)15(3)32-25(44)18(31)10-38/h4-7,14-15,18-23,38-42H,8-13,31H2,1-3H3,(H,32,44)(H,33,47)(H,34,45)(H,35,43)(H,36,48)(H,37,46)(H,49,50)/t15-,18-,19-,20-,21-,22-,23-/m0/s1. The van der Waals surface area contributed by atoms with Crippen LogP contribution in [-0.2, 0) is 40.0 Å². The molecule has 0 radical (unpaired) electrons. The van der Waals surface area contributed by atoms with Crippen molar-refractivity contribution in [2.24, 2.45) is 11.7 Å². The van der Waals surface area contributed by atoms with Crippen molar-refractivity contribution in [3.05, 3.63) is 29.8 Å². The molecule has 1 aromatic rings. The van der Waals surface area contributed by atoms with E-state index in [9.17, 15) is 59.1 Å². The Morgan fingerprint density at radius 1 is 0.580 bits per heavy atom. The van der Waals surface area contributed by atoms with Gasteiger partial charge in [-0.2, -0.15) is 0 Å². The zero-order chi connectivity index (χ0) is 38.1. The van der Waals surface area contributed by atoms with Gasteiger partial charge in [0.1, 0.15) is 48.0 Å². The van der Waals surface area contributed by atoms with Gasteiger partial charge in [0.15, 0.2) is 0 Å². The minimum atomic E-state index is -1.70. The summed E-state index contributed by atoms with van der Waals surface area (Å²) in [5.41, 5.74) is 5.83. The fraction of sp³-hybridized carbons (Fsp3) is 0.567. The summed E-state index contributed by atoms with van der Waals surface area (Å²) in [5.74, 6) is -7.70. The van der Waals surface area contributed by atoms with E-state index in [1.54, 1.807) is 13.8 Å². The van der Waals surface area contributed by atoms with Crippen molar-refractivity contribution in [1.29, 1.82) is 0 Å². The van der Waals surface area contributed by atoms with Gasteiger partial charge in [-0.25, -0.2) is 4.79 Å². The van der Waals surface area contributed by atoms with Gasteiger partial charge in [-0.3, -0.25) is 28.8 Å². The van der Waals surface area contributed by atoms with Crippen LogP contribution in [0.1, 0.15) is 32.8 Å². The lowest BCUT2D eigenvalue weighted by Crippen LogP contribution is -2.61. The van der Waals surface area contributed by atoms with E-state index in [0.717, 1.165) is 0 Å². The van der Waals surface area contributed by atoms with E-state index < -0.39 is 110 Å². The number of nitrogens with one attached hydrogen (secondary N) is 6. The topological polar surface area (TPSA) is 339 Å². The number of rotatable bonds is 21. The van der Waals surface area contributed by atoms with Crippen molar-refractivity contribution in [2.45, 2.75) is 75.9 Å². The molecule has 280 valence electrons. The molecule has 1 aromatic carbocycles. The molecule has 6 amide bonds. The Labute approximate surface area is 287 Å². The third-order valence-corrected chi connectivity index (χ3v) is 7.06. The van der Waals surface area contributed by atoms with Gasteiger partial charge in [0.25, 0.3) is 0 Å². The predicted molar refractivity (Wildman–Crippen MR) is 172 cm³/mol. The first-order valence-electron chi connectivity index (χ1n) is 15.5. The summed E-state index contributed by atoms with van der Waals surface area (Å²) >= 11 is 0. The average molecular weight is 714 g/mol. The Hall–Kier alpha value is -4.89. The van der Waals surface area contributed by atoms with Crippen LogP contribution in [0.2, 0.25) is 0 Å². The molecule has 0 saturated heterocycles. The zero-order valence-corrected chi connectivity index (χ0v) is 27.8. The normalized spacial score (nSPS) is 15.2. The smallest absolute Gasteiger partial charge is 0.328 e. The highest BCUT2D eigenvalue weighted by atomic mass is 16.4. The molecule has 20 heteroatoms. The van der Waals surface area contributed by atoms with Gasteiger partial charge in [-0.15, -0.1) is 0 Å². The van der Waals surface area contributed by atoms with E-state index in [1.807, 2.05) is 0 Å². The third-order valence-electron chi connectivity index (χ3n) is 7.06. The quantitative estimate of drug-likeness (QED) is 0.0565. The Morgan fingerprint density at radius 2 is 1.00 bits per heavy atom. The van der Waals surface area contributed by atoms with Gasteiger partial charge >= 0.3 is 5.97 Å². The first-order valence-corrected chi connectivity index (χ1v) is 15.5.